The van der Waals surface area contributed by atoms with E-state index in [0.29, 0.717) is 25.5 Å². The van der Waals surface area contributed by atoms with Gasteiger partial charge in [0.05, 0.1) is 29.6 Å². The Morgan fingerprint density at radius 2 is 1.75 bits per heavy atom. The van der Waals surface area contributed by atoms with Crippen LogP contribution in [-0.4, -0.2) is 33.1 Å². The van der Waals surface area contributed by atoms with Gasteiger partial charge in [-0.2, -0.15) is 0 Å². The highest BCUT2D eigenvalue weighted by Crippen LogP contribution is 2.08. The second kappa shape index (κ2) is 7.94. The molecule has 0 aliphatic rings. The summed E-state index contributed by atoms with van der Waals surface area (Å²) in [6, 6.07) is 11.7. The molecule has 2 heterocycles. The maximum absolute atomic E-state index is 9.19. The zero-order chi connectivity index (χ0) is 14.2. The number of alkyl halides is 1. The van der Waals surface area contributed by atoms with Crippen LogP contribution in [0.25, 0.3) is 0 Å². The van der Waals surface area contributed by atoms with Gasteiger partial charge >= 0.3 is 0 Å². The van der Waals surface area contributed by atoms with Gasteiger partial charge in [-0.15, -0.1) is 11.6 Å². The van der Waals surface area contributed by atoms with Crippen LogP contribution in [0.4, 0.5) is 0 Å². The van der Waals surface area contributed by atoms with Crippen LogP contribution in [-0.2, 0) is 19.0 Å². The van der Waals surface area contributed by atoms with Crippen LogP contribution in [0.1, 0.15) is 17.1 Å². The van der Waals surface area contributed by atoms with E-state index < -0.39 is 0 Å². The molecule has 2 aromatic rings. The van der Waals surface area contributed by atoms with Crippen molar-refractivity contribution in [2.24, 2.45) is 0 Å². The summed E-state index contributed by atoms with van der Waals surface area (Å²) in [5, 5.41) is 9.19. The van der Waals surface area contributed by atoms with Gasteiger partial charge in [0, 0.05) is 25.8 Å². The van der Waals surface area contributed by atoms with Crippen molar-refractivity contribution < 1.29 is 5.11 Å². The Morgan fingerprint density at radius 1 is 1.00 bits per heavy atom. The smallest absolute Gasteiger partial charge is 0.0647 e. The second-order valence-electron chi connectivity index (χ2n) is 4.51. The molecule has 1 N–H and O–H groups in total. The summed E-state index contributed by atoms with van der Waals surface area (Å²) in [5.74, 6) is 0.411. The van der Waals surface area contributed by atoms with E-state index in [4.69, 9.17) is 11.6 Å². The van der Waals surface area contributed by atoms with Crippen molar-refractivity contribution in [1.82, 2.24) is 14.9 Å². The van der Waals surface area contributed by atoms with Crippen LogP contribution >= 0.6 is 11.6 Å². The molecule has 4 nitrogen and oxygen atoms in total. The van der Waals surface area contributed by atoms with Gasteiger partial charge < -0.3 is 5.11 Å². The minimum absolute atomic E-state index is 0.113. The second-order valence-corrected chi connectivity index (χ2v) is 4.78. The fraction of sp³-hybridized carbons (Fsp3) is 0.333. The molecular weight excluding hydrogens is 274 g/mol. The molecule has 0 atom stereocenters. The quantitative estimate of drug-likeness (QED) is 0.795. The number of nitrogens with zero attached hydrogens (tertiary/aromatic N) is 3. The van der Waals surface area contributed by atoms with Crippen molar-refractivity contribution in [3.63, 3.8) is 0 Å². The number of aliphatic hydroxyl groups excluding tert-OH is 1. The summed E-state index contributed by atoms with van der Waals surface area (Å²) in [7, 11) is 0. The highest BCUT2D eigenvalue weighted by Gasteiger charge is 2.08. The van der Waals surface area contributed by atoms with Crippen LogP contribution in [0.3, 0.4) is 0 Å². The Labute approximate surface area is 124 Å². The monoisotopic (exact) mass is 291 g/mol. The Balaban J connectivity index is 2.04. The Kier molecular flexibility index (Phi) is 5.92. The molecule has 106 valence electrons. The van der Waals surface area contributed by atoms with Crippen LogP contribution in [0.15, 0.2) is 42.6 Å². The van der Waals surface area contributed by atoms with Gasteiger partial charge in [0.2, 0.25) is 0 Å². The van der Waals surface area contributed by atoms with E-state index in [-0.39, 0.29) is 6.61 Å². The fourth-order valence-corrected chi connectivity index (χ4v) is 2.15. The molecule has 0 spiro atoms. The lowest BCUT2D eigenvalue weighted by molar-refractivity contribution is 0.181. The van der Waals surface area contributed by atoms with Gasteiger partial charge in [0.15, 0.2) is 0 Å². The first-order valence-corrected chi connectivity index (χ1v) is 7.09. The van der Waals surface area contributed by atoms with Gasteiger partial charge in [-0.1, -0.05) is 12.1 Å². The minimum atomic E-state index is 0.113. The van der Waals surface area contributed by atoms with E-state index in [2.05, 4.69) is 14.9 Å². The molecule has 2 rings (SSSR count). The van der Waals surface area contributed by atoms with Crippen molar-refractivity contribution in [3.05, 3.63) is 59.7 Å². The summed E-state index contributed by atoms with van der Waals surface area (Å²) in [6.45, 7) is 2.06. The molecule has 20 heavy (non-hydrogen) atoms. The van der Waals surface area contributed by atoms with Gasteiger partial charge in [0.1, 0.15) is 0 Å². The summed E-state index contributed by atoms with van der Waals surface area (Å²) < 4.78 is 0. The van der Waals surface area contributed by atoms with E-state index in [1.54, 1.807) is 6.20 Å². The Morgan fingerprint density at radius 3 is 2.45 bits per heavy atom. The first kappa shape index (κ1) is 14.9. The van der Waals surface area contributed by atoms with Crippen molar-refractivity contribution in [1.29, 1.82) is 0 Å². The third-order valence-corrected chi connectivity index (χ3v) is 3.19. The van der Waals surface area contributed by atoms with E-state index >= 15 is 0 Å². The topological polar surface area (TPSA) is 49.2 Å². The molecule has 0 unspecified atom stereocenters. The summed E-state index contributed by atoms with van der Waals surface area (Å²) in [4.78, 5) is 10.9. The average Bonchev–Trinajstić information content (AvgIpc) is 2.49. The van der Waals surface area contributed by atoms with Crippen LogP contribution in [0.5, 0.6) is 0 Å². The average molecular weight is 292 g/mol. The standard InChI is InChI=1S/C15H18ClN3O/c16-10-13-5-3-6-15(18-13)12-19(8-9-20)11-14-4-1-2-7-17-14/h1-7,20H,8-12H2. The molecule has 0 amide bonds. The van der Waals surface area contributed by atoms with Gasteiger partial charge in [-0.25, -0.2) is 0 Å². The Bertz CT molecular complexity index is 522. The first-order chi connectivity index (χ1) is 9.81. The molecule has 0 radical (unpaired) electrons. The fourth-order valence-electron chi connectivity index (χ4n) is 2.00. The summed E-state index contributed by atoms with van der Waals surface area (Å²) >= 11 is 5.80. The van der Waals surface area contributed by atoms with Crippen molar-refractivity contribution in [2.75, 3.05) is 13.2 Å². The van der Waals surface area contributed by atoms with Crippen molar-refractivity contribution in [3.8, 4) is 0 Å². The minimum Gasteiger partial charge on any atom is -0.395 e. The molecule has 0 fully saturated rings. The van der Waals surface area contributed by atoms with Gasteiger partial charge in [-0.05, 0) is 24.3 Å². The molecule has 0 aliphatic carbocycles. The molecule has 0 aliphatic heterocycles. The number of rotatable bonds is 7. The number of pyridine rings is 2. The van der Waals surface area contributed by atoms with E-state index in [9.17, 15) is 5.11 Å². The van der Waals surface area contributed by atoms with Crippen LogP contribution in [0, 0.1) is 0 Å². The molecule has 0 saturated carbocycles. The number of hydrogen-bond donors (Lipinski definition) is 1. The SMILES string of the molecule is OCCN(Cc1ccccn1)Cc1cccc(CCl)n1. The maximum atomic E-state index is 9.19. The number of hydrogen-bond acceptors (Lipinski definition) is 4. The lowest BCUT2D eigenvalue weighted by Gasteiger charge is -2.20. The van der Waals surface area contributed by atoms with Crippen LogP contribution in [0.2, 0.25) is 0 Å². The largest absolute Gasteiger partial charge is 0.395 e. The lowest BCUT2D eigenvalue weighted by atomic mass is 10.2. The third-order valence-electron chi connectivity index (χ3n) is 2.91. The van der Waals surface area contributed by atoms with E-state index in [1.165, 1.54) is 0 Å². The molecule has 2 aromatic heterocycles. The normalized spacial score (nSPS) is 10.9. The molecule has 5 heteroatoms. The molecule has 0 aromatic carbocycles. The highest BCUT2D eigenvalue weighted by atomic mass is 35.5. The van der Waals surface area contributed by atoms with E-state index in [0.717, 1.165) is 17.1 Å². The Hall–Kier alpha value is -1.49. The van der Waals surface area contributed by atoms with Crippen LogP contribution < -0.4 is 0 Å². The van der Waals surface area contributed by atoms with Gasteiger partial charge in [-0.3, -0.25) is 14.9 Å². The predicted octanol–water partition coefficient (Wildman–Crippen LogP) is 2.21. The predicted molar refractivity (Wildman–Crippen MR) is 79.2 cm³/mol. The lowest BCUT2D eigenvalue weighted by Crippen LogP contribution is -2.27. The highest BCUT2D eigenvalue weighted by molar-refractivity contribution is 6.16. The molecule has 0 bridgehead atoms. The zero-order valence-electron chi connectivity index (χ0n) is 11.2. The number of aromatic nitrogens is 2. The molecular formula is C15H18ClN3O. The zero-order valence-corrected chi connectivity index (χ0v) is 12.0. The first-order valence-electron chi connectivity index (χ1n) is 6.55. The van der Waals surface area contributed by atoms with Crippen molar-refractivity contribution >= 4 is 11.6 Å². The van der Waals surface area contributed by atoms with Gasteiger partial charge in [0.25, 0.3) is 0 Å². The van der Waals surface area contributed by atoms with E-state index in [1.807, 2.05) is 36.4 Å². The number of halogens is 1. The third kappa shape index (κ3) is 4.56. The summed E-state index contributed by atoms with van der Waals surface area (Å²) in [6.07, 6.45) is 1.78. The molecule has 0 saturated heterocycles. The summed E-state index contributed by atoms with van der Waals surface area (Å²) in [5.41, 5.74) is 2.80. The number of aliphatic hydroxyl groups is 1. The maximum Gasteiger partial charge on any atom is 0.0647 e. The van der Waals surface area contributed by atoms with Crippen molar-refractivity contribution in [2.45, 2.75) is 19.0 Å².